The number of hydrogen-bond acceptors (Lipinski definition) is 3. The first-order valence-corrected chi connectivity index (χ1v) is 5.72. The van der Waals surface area contributed by atoms with E-state index in [4.69, 9.17) is 0 Å². The molecule has 1 rings (SSSR count). The SMILES string of the molecule is CCc1cc(CNCCNC)n(CC)n1. The van der Waals surface area contributed by atoms with E-state index < -0.39 is 0 Å². The van der Waals surface area contributed by atoms with Crippen molar-refractivity contribution in [2.75, 3.05) is 20.1 Å². The third-order valence-electron chi connectivity index (χ3n) is 2.43. The summed E-state index contributed by atoms with van der Waals surface area (Å²) in [4.78, 5) is 0. The van der Waals surface area contributed by atoms with Crippen molar-refractivity contribution in [1.82, 2.24) is 20.4 Å². The molecule has 4 heteroatoms. The minimum Gasteiger partial charge on any atom is -0.318 e. The van der Waals surface area contributed by atoms with E-state index in [0.717, 1.165) is 32.6 Å². The first kappa shape index (κ1) is 12.2. The second kappa shape index (κ2) is 6.58. The standard InChI is InChI=1S/C11H22N4/c1-4-10-8-11(15(5-2)14-10)9-13-7-6-12-3/h8,12-13H,4-7,9H2,1-3H3. The number of aromatic nitrogens is 2. The lowest BCUT2D eigenvalue weighted by molar-refractivity contribution is 0.572. The molecule has 15 heavy (non-hydrogen) atoms. The summed E-state index contributed by atoms with van der Waals surface area (Å²) in [5.74, 6) is 0. The van der Waals surface area contributed by atoms with Crippen LogP contribution in [-0.2, 0) is 19.5 Å². The van der Waals surface area contributed by atoms with Crippen LogP contribution in [0.5, 0.6) is 0 Å². The summed E-state index contributed by atoms with van der Waals surface area (Å²) in [7, 11) is 1.97. The molecule has 1 aromatic rings. The molecule has 0 fully saturated rings. The number of likely N-dealkylation sites (N-methyl/N-ethyl adjacent to an activating group) is 1. The molecule has 0 unspecified atom stereocenters. The Kier molecular flexibility index (Phi) is 5.36. The Labute approximate surface area is 92.1 Å². The van der Waals surface area contributed by atoms with E-state index in [1.54, 1.807) is 0 Å². The summed E-state index contributed by atoms with van der Waals surface area (Å²) in [6.07, 6.45) is 1.01. The zero-order chi connectivity index (χ0) is 11.1. The van der Waals surface area contributed by atoms with Crippen molar-refractivity contribution in [1.29, 1.82) is 0 Å². The fourth-order valence-electron chi connectivity index (χ4n) is 1.53. The average molecular weight is 210 g/mol. The normalized spacial score (nSPS) is 10.9. The molecule has 1 heterocycles. The molecule has 0 radical (unpaired) electrons. The monoisotopic (exact) mass is 210 g/mol. The molecule has 0 aliphatic heterocycles. The minimum absolute atomic E-state index is 0.905. The molecule has 2 N–H and O–H groups in total. The Morgan fingerprint density at radius 1 is 1.33 bits per heavy atom. The van der Waals surface area contributed by atoms with Crippen molar-refractivity contribution in [2.45, 2.75) is 33.4 Å². The van der Waals surface area contributed by atoms with E-state index >= 15 is 0 Å². The summed E-state index contributed by atoms with van der Waals surface area (Å²) in [6.45, 7) is 8.11. The first-order valence-electron chi connectivity index (χ1n) is 5.72. The van der Waals surface area contributed by atoms with Gasteiger partial charge < -0.3 is 10.6 Å². The van der Waals surface area contributed by atoms with Gasteiger partial charge in [0.25, 0.3) is 0 Å². The largest absolute Gasteiger partial charge is 0.318 e. The van der Waals surface area contributed by atoms with Gasteiger partial charge in [-0.3, -0.25) is 4.68 Å². The van der Waals surface area contributed by atoms with Crippen LogP contribution < -0.4 is 10.6 Å². The zero-order valence-electron chi connectivity index (χ0n) is 10.0. The quantitative estimate of drug-likeness (QED) is 0.653. The van der Waals surface area contributed by atoms with Gasteiger partial charge in [-0.05, 0) is 26.5 Å². The number of rotatable bonds is 7. The molecule has 0 saturated heterocycles. The van der Waals surface area contributed by atoms with Crippen LogP contribution >= 0.6 is 0 Å². The smallest absolute Gasteiger partial charge is 0.0625 e. The topological polar surface area (TPSA) is 41.9 Å². The summed E-state index contributed by atoms with van der Waals surface area (Å²) >= 11 is 0. The predicted molar refractivity (Wildman–Crippen MR) is 62.9 cm³/mol. The third-order valence-corrected chi connectivity index (χ3v) is 2.43. The molecule has 0 aliphatic carbocycles. The fourth-order valence-corrected chi connectivity index (χ4v) is 1.53. The van der Waals surface area contributed by atoms with Gasteiger partial charge in [0.15, 0.2) is 0 Å². The van der Waals surface area contributed by atoms with Crippen molar-refractivity contribution in [3.05, 3.63) is 17.5 Å². The van der Waals surface area contributed by atoms with E-state index in [-0.39, 0.29) is 0 Å². The summed E-state index contributed by atoms with van der Waals surface area (Å²) < 4.78 is 2.07. The first-order chi connectivity index (χ1) is 7.31. The van der Waals surface area contributed by atoms with Crippen LogP contribution in [-0.4, -0.2) is 29.9 Å². The molecule has 4 nitrogen and oxygen atoms in total. The second-order valence-electron chi connectivity index (χ2n) is 3.58. The maximum absolute atomic E-state index is 4.51. The highest BCUT2D eigenvalue weighted by Gasteiger charge is 2.04. The summed E-state index contributed by atoms with van der Waals surface area (Å²) in [6, 6.07) is 2.19. The fraction of sp³-hybridized carbons (Fsp3) is 0.727. The maximum Gasteiger partial charge on any atom is 0.0625 e. The molecular weight excluding hydrogens is 188 g/mol. The second-order valence-corrected chi connectivity index (χ2v) is 3.58. The van der Waals surface area contributed by atoms with E-state index in [1.807, 2.05) is 7.05 Å². The zero-order valence-corrected chi connectivity index (χ0v) is 10.0. The number of nitrogens with zero attached hydrogens (tertiary/aromatic N) is 2. The van der Waals surface area contributed by atoms with Gasteiger partial charge in [-0.15, -0.1) is 0 Å². The van der Waals surface area contributed by atoms with Crippen LogP contribution in [0.3, 0.4) is 0 Å². The van der Waals surface area contributed by atoms with E-state index in [9.17, 15) is 0 Å². The van der Waals surface area contributed by atoms with Crippen LogP contribution in [0, 0.1) is 0 Å². The molecule has 0 atom stereocenters. The lowest BCUT2D eigenvalue weighted by Crippen LogP contribution is -2.25. The summed E-state index contributed by atoms with van der Waals surface area (Å²) in [5.41, 5.74) is 2.47. The van der Waals surface area contributed by atoms with Crippen LogP contribution in [0.15, 0.2) is 6.07 Å². The van der Waals surface area contributed by atoms with Crippen LogP contribution in [0.25, 0.3) is 0 Å². The molecular formula is C11H22N4. The molecule has 0 aromatic carbocycles. The highest BCUT2D eigenvalue weighted by Crippen LogP contribution is 2.04. The van der Waals surface area contributed by atoms with Gasteiger partial charge in [0.05, 0.1) is 11.4 Å². The predicted octanol–water partition coefficient (Wildman–Crippen LogP) is 0.774. The van der Waals surface area contributed by atoms with E-state index in [0.29, 0.717) is 0 Å². The van der Waals surface area contributed by atoms with Crippen LogP contribution in [0.2, 0.25) is 0 Å². The lowest BCUT2D eigenvalue weighted by atomic mass is 10.3. The Bertz CT molecular complexity index is 280. The van der Waals surface area contributed by atoms with Gasteiger partial charge in [-0.2, -0.15) is 5.10 Å². The summed E-state index contributed by atoms with van der Waals surface area (Å²) in [5, 5.41) is 11.0. The van der Waals surface area contributed by atoms with E-state index in [2.05, 4.69) is 40.3 Å². The van der Waals surface area contributed by atoms with Crippen LogP contribution in [0.4, 0.5) is 0 Å². The third kappa shape index (κ3) is 3.64. The Morgan fingerprint density at radius 2 is 2.13 bits per heavy atom. The highest BCUT2D eigenvalue weighted by atomic mass is 15.3. The molecule has 86 valence electrons. The minimum atomic E-state index is 0.905. The van der Waals surface area contributed by atoms with Crippen molar-refractivity contribution in [2.24, 2.45) is 0 Å². The van der Waals surface area contributed by atoms with Crippen molar-refractivity contribution in [3.63, 3.8) is 0 Å². The van der Waals surface area contributed by atoms with Gasteiger partial charge in [-0.25, -0.2) is 0 Å². The molecule has 0 saturated carbocycles. The number of aryl methyl sites for hydroxylation is 2. The van der Waals surface area contributed by atoms with Gasteiger partial charge >= 0.3 is 0 Å². The van der Waals surface area contributed by atoms with Gasteiger partial charge in [0.1, 0.15) is 0 Å². The number of hydrogen-bond donors (Lipinski definition) is 2. The molecule has 0 bridgehead atoms. The Hall–Kier alpha value is -0.870. The van der Waals surface area contributed by atoms with Crippen molar-refractivity contribution < 1.29 is 0 Å². The lowest BCUT2D eigenvalue weighted by Gasteiger charge is -2.05. The maximum atomic E-state index is 4.51. The van der Waals surface area contributed by atoms with Crippen LogP contribution in [0.1, 0.15) is 25.2 Å². The Balaban J connectivity index is 2.47. The van der Waals surface area contributed by atoms with Gasteiger partial charge in [-0.1, -0.05) is 6.92 Å². The highest BCUT2D eigenvalue weighted by molar-refractivity contribution is 5.10. The molecule has 0 aliphatic rings. The average Bonchev–Trinajstić information content (AvgIpc) is 2.67. The van der Waals surface area contributed by atoms with Gasteiger partial charge in [0.2, 0.25) is 0 Å². The van der Waals surface area contributed by atoms with Crippen molar-refractivity contribution >= 4 is 0 Å². The molecule has 0 amide bonds. The Morgan fingerprint density at radius 3 is 2.73 bits per heavy atom. The number of nitrogens with one attached hydrogen (secondary N) is 2. The van der Waals surface area contributed by atoms with E-state index in [1.165, 1.54) is 11.4 Å². The molecule has 0 spiro atoms. The molecule has 1 aromatic heterocycles. The van der Waals surface area contributed by atoms with Crippen molar-refractivity contribution in [3.8, 4) is 0 Å². The van der Waals surface area contributed by atoms with Gasteiger partial charge in [0, 0.05) is 26.2 Å².